The number of hydrogen-bond acceptors (Lipinski definition) is 5. The zero-order valence-corrected chi connectivity index (χ0v) is 25.4. The van der Waals surface area contributed by atoms with Gasteiger partial charge in [0.2, 0.25) is 23.6 Å². The van der Waals surface area contributed by atoms with Gasteiger partial charge in [0.1, 0.15) is 12.1 Å². The van der Waals surface area contributed by atoms with Gasteiger partial charge in [-0.3, -0.25) is 19.2 Å². The van der Waals surface area contributed by atoms with Crippen LogP contribution in [0.25, 0.3) is 0 Å². The minimum Gasteiger partial charge on any atom is -0.343 e. The Hall–Kier alpha value is -3.72. The Labute approximate surface area is 249 Å². The molecule has 5 atom stereocenters. The number of carbonyl (C=O) groups excluding carboxylic acids is 4. The Bertz CT molecular complexity index is 1270. The highest BCUT2D eigenvalue weighted by molar-refractivity contribution is 5.94. The van der Waals surface area contributed by atoms with Crippen molar-refractivity contribution >= 4 is 23.6 Å². The first kappa shape index (κ1) is 31.2. The molecule has 2 fully saturated rings. The lowest BCUT2D eigenvalue weighted by Gasteiger charge is -2.39. The van der Waals surface area contributed by atoms with Gasteiger partial charge < -0.3 is 25.8 Å². The maximum Gasteiger partial charge on any atom is 0.247 e. The quantitative estimate of drug-likeness (QED) is 0.426. The fourth-order valence-electron chi connectivity index (χ4n) is 5.96. The molecule has 0 spiro atoms. The topological polar surface area (TPSA) is 111 Å². The Morgan fingerprint density at radius 3 is 2.33 bits per heavy atom. The fourth-order valence-corrected chi connectivity index (χ4v) is 5.96. The molecule has 2 heterocycles. The van der Waals surface area contributed by atoms with Crippen molar-refractivity contribution in [2.24, 2.45) is 5.92 Å². The van der Waals surface area contributed by atoms with Crippen LogP contribution >= 0.6 is 0 Å². The molecule has 2 aliphatic heterocycles. The first-order valence-electron chi connectivity index (χ1n) is 15.1. The van der Waals surface area contributed by atoms with Gasteiger partial charge in [-0.2, -0.15) is 0 Å². The van der Waals surface area contributed by atoms with E-state index < -0.39 is 18.1 Å². The van der Waals surface area contributed by atoms with Crippen LogP contribution in [0, 0.1) is 12.8 Å². The number of likely N-dealkylation sites (N-methyl/N-ethyl adjacent to an activating group) is 1. The van der Waals surface area contributed by atoms with Crippen LogP contribution in [-0.4, -0.2) is 77.7 Å². The molecule has 0 aliphatic carbocycles. The van der Waals surface area contributed by atoms with Crippen molar-refractivity contribution in [3.63, 3.8) is 0 Å². The predicted molar refractivity (Wildman–Crippen MR) is 162 cm³/mol. The first-order valence-corrected chi connectivity index (χ1v) is 15.1. The average molecular weight is 576 g/mol. The third-order valence-electron chi connectivity index (χ3n) is 8.37. The van der Waals surface area contributed by atoms with Crippen molar-refractivity contribution < 1.29 is 19.2 Å². The van der Waals surface area contributed by atoms with Gasteiger partial charge >= 0.3 is 0 Å². The Balaban J connectivity index is 1.61. The third kappa shape index (κ3) is 7.37. The van der Waals surface area contributed by atoms with Gasteiger partial charge in [-0.25, -0.2) is 0 Å². The van der Waals surface area contributed by atoms with E-state index in [9.17, 15) is 19.2 Å². The highest BCUT2D eigenvalue weighted by Gasteiger charge is 2.46. The zero-order valence-electron chi connectivity index (χ0n) is 25.4. The van der Waals surface area contributed by atoms with Gasteiger partial charge in [-0.1, -0.05) is 74.0 Å². The molecule has 0 radical (unpaired) electrons. The number of fused-ring (bicyclic) bond motifs is 1. The number of aryl methyl sites for hydroxylation is 1. The summed E-state index contributed by atoms with van der Waals surface area (Å²) in [5.74, 6) is -0.708. The summed E-state index contributed by atoms with van der Waals surface area (Å²) in [5, 5.41) is 9.03. The van der Waals surface area contributed by atoms with Crippen LogP contribution in [0.1, 0.15) is 69.2 Å². The van der Waals surface area contributed by atoms with Crippen LogP contribution in [-0.2, 0) is 19.2 Å². The summed E-state index contributed by atoms with van der Waals surface area (Å²) in [6, 6.07) is 15.2. The van der Waals surface area contributed by atoms with Gasteiger partial charge in [-0.05, 0) is 57.2 Å². The average Bonchev–Trinajstić information content (AvgIpc) is 3.39. The van der Waals surface area contributed by atoms with Gasteiger partial charge in [0.25, 0.3) is 0 Å². The molecule has 226 valence electrons. The molecule has 4 rings (SSSR count). The molecule has 3 N–H and O–H groups in total. The molecule has 1 unspecified atom stereocenters. The number of rotatable bonds is 9. The summed E-state index contributed by atoms with van der Waals surface area (Å²) in [5.41, 5.74) is 3.01. The number of amides is 4. The van der Waals surface area contributed by atoms with Gasteiger partial charge in [0, 0.05) is 25.6 Å². The SMILES string of the molecule is CN[C@@H](C)C(=O)N[C@H]1CN(C(=O)CC(C)C)CC[C@H]2CC[C@@H](C(=O)NC(c3ccccc3)c3cccc(C)c3)N2C1=O. The summed E-state index contributed by atoms with van der Waals surface area (Å²) in [6.45, 7) is 8.27. The number of nitrogens with zero attached hydrogens (tertiary/aromatic N) is 2. The molecule has 4 amide bonds. The largest absolute Gasteiger partial charge is 0.343 e. The summed E-state index contributed by atoms with van der Waals surface area (Å²) < 4.78 is 0. The van der Waals surface area contributed by atoms with E-state index >= 15 is 0 Å². The first-order chi connectivity index (χ1) is 20.1. The van der Waals surface area contributed by atoms with Crippen LogP contribution in [0.5, 0.6) is 0 Å². The summed E-state index contributed by atoms with van der Waals surface area (Å²) in [4.78, 5) is 57.6. The van der Waals surface area contributed by atoms with E-state index in [-0.39, 0.29) is 48.2 Å². The van der Waals surface area contributed by atoms with E-state index in [1.165, 1.54) is 0 Å². The maximum absolute atomic E-state index is 14.2. The zero-order chi connectivity index (χ0) is 30.4. The minimum absolute atomic E-state index is 0.0247. The van der Waals surface area contributed by atoms with Crippen molar-refractivity contribution in [3.05, 3.63) is 71.3 Å². The van der Waals surface area contributed by atoms with E-state index in [0.717, 1.165) is 16.7 Å². The van der Waals surface area contributed by atoms with Crippen molar-refractivity contribution in [2.75, 3.05) is 20.1 Å². The lowest BCUT2D eigenvalue weighted by Crippen LogP contribution is -2.62. The number of hydrogen-bond donors (Lipinski definition) is 3. The van der Waals surface area contributed by atoms with E-state index in [4.69, 9.17) is 0 Å². The molecule has 2 aromatic rings. The van der Waals surface area contributed by atoms with Crippen molar-refractivity contribution in [1.29, 1.82) is 0 Å². The fraction of sp³-hybridized carbons (Fsp3) is 0.515. The van der Waals surface area contributed by atoms with E-state index in [1.807, 2.05) is 69.3 Å². The van der Waals surface area contributed by atoms with Gasteiger partial charge in [-0.15, -0.1) is 0 Å². The molecule has 9 nitrogen and oxygen atoms in total. The molecule has 0 aromatic heterocycles. The second-order valence-electron chi connectivity index (χ2n) is 12.1. The smallest absolute Gasteiger partial charge is 0.247 e. The predicted octanol–water partition coefficient (Wildman–Crippen LogP) is 2.93. The molecular formula is C33H45N5O4. The molecule has 2 aromatic carbocycles. The molecule has 9 heteroatoms. The highest BCUT2D eigenvalue weighted by atomic mass is 16.2. The lowest BCUT2D eigenvalue weighted by atomic mass is 9.97. The van der Waals surface area contributed by atoms with Crippen molar-refractivity contribution in [3.8, 4) is 0 Å². The standard InChI is InChI=1S/C33H45N5O4/c1-21(2)18-29(39)37-17-16-26-14-15-28(38(26)33(42)27(20-37)35-31(40)23(4)34-5)32(41)36-30(24-11-7-6-8-12-24)25-13-9-10-22(3)19-25/h6-13,19,21,23,26-28,30,34H,14-18,20H2,1-5H3,(H,35,40)(H,36,41)/t23-,26+,27-,28-,30?/m0/s1. The highest BCUT2D eigenvalue weighted by Crippen LogP contribution is 2.31. The van der Waals surface area contributed by atoms with Crippen LogP contribution < -0.4 is 16.0 Å². The van der Waals surface area contributed by atoms with E-state index in [2.05, 4.69) is 22.0 Å². The molecule has 0 saturated carbocycles. The van der Waals surface area contributed by atoms with Crippen molar-refractivity contribution in [1.82, 2.24) is 25.8 Å². The van der Waals surface area contributed by atoms with Gasteiger partial charge in [0.05, 0.1) is 12.1 Å². The number of nitrogens with one attached hydrogen (secondary N) is 3. The van der Waals surface area contributed by atoms with Crippen LogP contribution in [0.3, 0.4) is 0 Å². The van der Waals surface area contributed by atoms with Crippen molar-refractivity contribution in [2.45, 2.75) is 83.6 Å². The maximum atomic E-state index is 14.2. The third-order valence-corrected chi connectivity index (χ3v) is 8.37. The molecular weight excluding hydrogens is 530 g/mol. The van der Waals surface area contributed by atoms with E-state index in [1.54, 1.807) is 23.8 Å². The lowest BCUT2D eigenvalue weighted by molar-refractivity contribution is -0.147. The van der Waals surface area contributed by atoms with Crippen LogP contribution in [0.4, 0.5) is 0 Å². The monoisotopic (exact) mass is 575 g/mol. The Morgan fingerprint density at radius 1 is 0.952 bits per heavy atom. The second-order valence-corrected chi connectivity index (χ2v) is 12.1. The minimum atomic E-state index is -0.942. The second kappa shape index (κ2) is 14.0. The molecule has 2 saturated heterocycles. The number of benzene rings is 2. The van der Waals surface area contributed by atoms with Gasteiger partial charge in [0.15, 0.2) is 0 Å². The van der Waals surface area contributed by atoms with Crippen LogP contribution in [0.2, 0.25) is 0 Å². The van der Waals surface area contributed by atoms with E-state index in [0.29, 0.717) is 32.2 Å². The normalized spacial score (nSPS) is 22.1. The molecule has 42 heavy (non-hydrogen) atoms. The Morgan fingerprint density at radius 2 is 1.67 bits per heavy atom. The molecule has 0 bridgehead atoms. The summed E-state index contributed by atoms with van der Waals surface area (Å²) in [7, 11) is 1.68. The van der Waals surface area contributed by atoms with Crippen LogP contribution in [0.15, 0.2) is 54.6 Å². The number of carbonyl (C=O) groups is 4. The Kier molecular flexibility index (Phi) is 10.4. The summed E-state index contributed by atoms with van der Waals surface area (Å²) >= 11 is 0. The molecule has 2 aliphatic rings. The summed E-state index contributed by atoms with van der Waals surface area (Å²) in [6.07, 6.45) is 2.14.